The summed E-state index contributed by atoms with van der Waals surface area (Å²) < 4.78 is 8.06. The first-order valence-corrected chi connectivity index (χ1v) is 10.9. The molecule has 6 nitrogen and oxygen atoms in total. The van der Waals surface area contributed by atoms with E-state index in [9.17, 15) is 5.11 Å². The molecule has 0 bridgehead atoms. The second-order valence-corrected chi connectivity index (χ2v) is 8.23. The molecule has 1 aromatic carbocycles. The van der Waals surface area contributed by atoms with Crippen LogP contribution in [-0.4, -0.2) is 70.4 Å². The highest BCUT2D eigenvalue weighted by Crippen LogP contribution is 2.16. The number of nitrogens with zero attached hydrogens (tertiary/aromatic N) is 4. The third kappa shape index (κ3) is 7.46. The molecule has 3 rings (SSSR count). The van der Waals surface area contributed by atoms with Crippen LogP contribution in [0.5, 0.6) is 5.75 Å². The molecule has 1 N–H and O–H groups in total. The van der Waals surface area contributed by atoms with Crippen LogP contribution in [0, 0.1) is 6.92 Å². The van der Waals surface area contributed by atoms with Crippen molar-refractivity contribution in [2.24, 2.45) is 0 Å². The largest absolute Gasteiger partial charge is 0.491 e. The summed E-state index contributed by atoms with van der Waals surface area (Å²) in [6.45, 7) is 8.02. The highest BCUT2D eigenvalue weighted by atomic mass is 16.5. The van der Waals surface area contributed by atoms with Crippen LogP contribution in [-0.2, 0) is 13.1 Å². The summed E-state index contributed by atoms with van der Waals surface area (Å²) in [6.07, 6.45) is 8.52. The lowest BCUT2D eigenvalue weighted by molar-refractivity contribution is 0.0693. The molecular weight excluding hydrogens is 364 g/mol. The Labute approximate surface area is 175 Å². The van der Waals surface area contributed by atoms with Crippen LogP contribution in [0.1, 0.15) is 37.1 Å². The summed E-state index contributed by atoms with van der Waals surface area (Å²) in [5.74, 6) is 1.88. The van der Waals surface area contributed by atoms with Crippen LogP contribution in [0.25, 0.3) is 0 Å². The summed E-state index contributed by atoms with van der Waals surface area (Å²) in [5.41, 5.74) is 1.22. The van der Waals surface area contributed by atoms with E-state index in [1.807, 2.05) is 31.5 Å². The van der Waals surface area contributed by atoms with Crippen LogP contribution in [0.3, 0.4) is 0 Å². The van der Waals surface area contributed by atoms with Crippen molar-refractivity contribution in [2.45, 2.75) is 51.8 Å². The van der Waals surface area contributed by atoms with Crippen molar-refractivity contribution in [2.75, 3.05) is 39.8 Å². The molecule has 0 radical (unpaired) electrons. The zero-order chi connectivity index (χ0) is 20.5. The van der Waals surface area contributed by atoms with Gasteiger partial charge in [0.25, 0.3) is 0 Å². The number of aliphatic hydroxyl groups is 1. The molecule has 6 heteroatoms. The fraction of sp³-hybridized carbons (Fsp3) is 0.609. The van der Waals surface area contributed by atoms with Gasteiger partial charge < -0.3 is 24.2 Å². The lowest BCUT2D eigenvalue weighted by Gasteiger charge is -2.23. The molecule has 1 fully saturated rings. The van der Waals surface area contributed by atoms with Gasteiger partial charge in [0, 0.05) is 38.6 Å². The zero-order valence-electron chi connectivity index (χ0n) is 18.0. The lowest BCUT2D eigenvalue weighted by atomic mass is 10.2. The van der Waals surface area contributed by atoms with Crippen molar-refractivity contribution in [1.29, 1.82) is 0 Å². The molecule has 1 aliphatic rings. The number of aliphatic hydroxyl groups excluding tert-OH is 1. The smallest absolute Gasteiger partial charge is 0.119 e. The summed E-state index contributed by atoms with van der Waals surface area (Å²) >= 11 is 0. The van der Waals surface area contributed by atoms with E-state index >= 15 is 0 Å². The van der Waals surface area contributed by atoms with Crippen molar-refractivity contribution < 1.29 is 9.84 Å². The first-order valence-electron chi connectivity index (χ1n) is 10.9. The molecule has 0 saturated carbocycles. The summed E-state index contributed by atoms with van der Waals surface area (Å²) in [4.78, 5) is 8.94. The van der Waals surface area contributed by atoms with Crippen LogP contribution in [0.15, 0.2) is 36.7 Å². The van der Waals surface area contributed by atoms with Gasteiger partial charge in [-0.3, -0.25) is 0 Å². The quantitative estimate of drug-likeness (QED) is 0.665. The Morgan fingerprint density at radius 1 is 1.21 bits per heavy atom. The van der Waals surface area contributed by atoms with Crippen molar-refractivity contribution in [3.05, 3.63) is 48.0 Å². The first-order chi connectivity index (χ1) is 14.1. The molecule has 1 aliphatic heterocycles. The maximum atomic E-state index is 10.4. The van der Waals surface area contributed by atoms with Crippen molar-refractivity contribution in [3.8, 4) is 5.75 Å². The van der Waals surface area contributed by atoms with Gasteiger partial charge in [0.05, 0.1) is 0 Å². The molecule has 160 valence electrons. The number of β-amino-alcohol motifs (C(OH)–C–C–N with tert-alkyl or cyclic N) is 1. The SMILES string of the molecule is Cc1nccn1CCN(C)Cc1cccc(OC[C@H](O)CN2CCCCCC2)c1. The number of rotatable bonds is 10. The van der Waals surface area contributed by atoms with E-state index < -0.39 is 6.10 Å². The molecule has 0 spiro atoms. The fourth-order valence-corrected chi connectivity index (χ4v) is 3.90. The summed E-state index contributed by atoms with van der Waals surface area (Å²) in [6, 6.07) is 8.20. The molecule has 2 aromatic rings. The molecule has 29 heavy (non-hydrogen) atoms. The molecule has 0 unspecified atom stereocenters. The first kappa shape index (κ1) is 21.8. The molecule has 1 aromatic heterocycles. The predicted molar refractivity (Wildman–Crippen MR) is 116 cm³/mol. The third-order valence-corrected chi connectivity index (χ3v) is 5.61. The van der Waals surface area contributed by atoms with Gasteiger partial charge in [-0.25, -0.2) is 4.98 Å². The minimum Gasteiger partial charge on any atom is -0.491 e. The number of ether oxygens (including phenoxy) is 1. The van der Waals surface area contributed by atoms with Crippen LogP contribution < -0.4 is 4.74 Å². The normalized spacial score (nSPS) is 16.7. The van der Waals surface area contributed by atoms with Crippen molar-refractivity contribution in [3.63, 3.8) is 0 Å². The monoisotopic (exact) mass is 400 g/mol. The second kappa shape index (κ2) is 11.3. The van der Waals surface area contributed by atoms with Gasteiger partial charge in [0.1, 0.15) is 24.3 Å². The Kier molecular flexibility index (Phi) is 8.52. The molecule has 1 atom stereocenters. The van der Waals surface area contributed by atoms with Gasteiger partial charge in [0.15, 0.2) is 0 Å². The molecule has 0 aliphatic carbocycles. The topological polar surface area (TPSA) is 53.8 Å². The number of benzene rings is 1. The van der Waals surface area contributed by atoms with E-state index in [2.05, 4.69) is 38.5 Å². The highest BCUT2D eigenvalue weighted by Gasteiger charge is 2.14. The van der Waals surface area contributed by atoms with Gasteiger partial charge >= 0.3 is 0 Å². The number of aryl methyl sites for hydroxylation is 1. The van der Waals surface area contributed by atoms with Gasteiger partial charge in [-0.05, 0) is 57.6 Å². The Morgan fingerprint density at radius 3 is 2.72 bits per heavy atom. The number of likely N-dealkylation sites (tertiary alicyclic amines) is 1. The molecular formula is C23H36N4O2. The number of hydrogen-bond donors (Lipinski definition) is 1. The molecule has 1 saturated heterocycles. The van der Waals surface area contributed by atoms with Crippen molar-refractivity contribution in [1.82, 2.24) is 19.4 Å². The van der Waals surface area contributed by atoms with E-state index in [-0.39, 0.29) is 0 Å². The van der Waals surface area contributed by atoms with Gasteiger partial charge in [-0.15, -0.1) is 0 Å². The number of aromatic nitrogens is 2. The van der Waals surface area contributed by atoms with Gasteiger partial charge in [0.2, 0.25) is 0 Å². The standard InChI is InChI=1S/C23H36N4O2/c1-20-24-10-13-27(20)15-14-25(2)17-21-8-7-9-23(16-21)29-19-22(28)18-26-11-5-3-4-6-12-26/h7-10,13,16,22,28H,3-6,11-12,14-15,17-19H2,1-2H3/t22-/m1/s1. The van der Waals surface area contributed by atoms with Gasteiger partial charge in [-0.2, -0.15) is 0 Å². The molecule has 2 heterocycles. The minimum absolute atomic E-state index is 0.343. The Bertz CT molecular complexity index is 725. The minimum atomic E-state index is -0.446. The van der Waals surface area contributed by atoms with E-state index in [1.165, 1.54) is 31.2 Å². The van der Waals surface area contributed by atoms with Crippen LogP contribution in [0.2, 0.25) is 0 Å². The number of imidazole rings is 1. The van der Waals surface area contributed by atoms with E-state index in [0.717, 1.165) is 44.3 Å². The van der Waals surface area contributed by atoms with Gasteiger partial charge in [-0.1, -0.05) is 25.0 Å². The Morgan fingerprint density at radius 2 is 2.00 bits per heavy atom. The lowest BCUT2D eigenvalue weighted by Crippen LogP contribution is -2.36. The molecule has 0 amide bonds. The van der Waals surface area contributed by atoms with Crippen molar-refractivity contribution >= 4 is 0 Å². The van der Waals surface area contributed by atoms with E-state index in [1.54, 1.807) is 0 Å². The highest BCUT2D eigenvalue weighted by molar-refractivity contribution is 5.28. The number of hydrogen-bond acceptors (Lipinski definition) is 5. The van der Waals surface area contributed by atoms with Crippen LogP contribution >= 0.6 is 0 Å². The van der Waals surface area contributed by atoms with E-state index in [0.29, 0.717) is 13.2 Å². The fourth-order valence-electron chi connectivity index (χ4n) is 3.90. The maximum Gasteiger partial charge on any atom is 0.119 e. The average Bonchev–Trinajstić information content (AvgIpc) is 2.95. The Balaban J connectivity index is 1.41. The predicted octanol–water partition coefficient (Wildman–Crippen LogP) is 2.94. The van der Waals surface area contributed by atoms with E-state index in [4.69, 9.17) is 4.74 Å². The average molecular weight is 401 g/mol. The maximum absolute atomic E-state index is 10.4. The summed E-state index contributed by atoms with van der Waals surface area (Å²) in [7, 11) is 2.13. The van der Waals surface area contributed by atoms with Crippen LogP contribution in [0.4, 0.5) is 0 Å². The number of likely N-dealkylation sites (N-methyl/N-ethyl adjacent to an activating group) is 1. The second-order valence-electron chi connectivity index (χ2n) is 8.23. The third-order valence-electron chi connectivity index (χ3n) is 5.61. The summed E-state index contributed by atoms with van der Waals surface area (Å²) in [5, 5.41) is 10.4. The zero-order valence-corrected chi connectivity index (χ0v) is 18.0. The Hall–Kier alpha value is -1.89.